The third-order valence-electron chi connectivity index (χ3n) is 4.08. The highest BCUT2D eigenvalue weighted by molar-refractivity contribution is 5.45. The molecule has 1 atom stereocenters. The van der Waals surface area contributed by atoms with Crippen LogP contribution in [-0.4, -0.2) is 48.9 Å². The molecule has 0 spiro atoms. The quantitative estimate of drug-likeness (QED) is 0.780. The van der Waals surface area contributed by atoms with Crippen LogP contribution in [0.3, 0.4) is 0 Å². The first-order valence-corrected chi connectivity index (χ1v) is 7.76. The molecule has 3 aromatic heterocycles. The van der Waals surface area contributed by atoms with Crippen LogP contribution in [0.15, 0.2) is 30.7 Å². The molecule has 0 amide bonds. The summed E-state index contributed by atoms with van der Waals surface area (Å²) >= 11 is 0. The Bertz CT molecular complexity index is 800. The highest BCUT2D eigenvalue weighted by atomic mass is 15.4. The van der Waals surface area contributed by atoms with Gasteiger partial charge in [0.25, 0.3) is 0 Å². The van der Waals surface area contributed by atoms with Crippen LogP contribution in [0.5, 0.6) is 0 Å². The molecule has 8 heteroatoms. The first-order chi connectivity index (χ1) is 11.3. The van der Waals surface area contributed by atoms with Crippen molar-refractivity contribution in [2.75, 3.05) is 23.3 Å². The van der Waals surface area contributed by atoms with E-state index in [0.717, 1.165) is 49.0 Å². The maximum absolute atomic E-state index is 4.56. The third kappa shape index (κ3) is 2.79. The zero-order valence-electron chi connectivity index (χ0n) is 12.9. The lowest BCUT2D eigenvalue weighted by atomic mass is 10.1. The molecule has 3 aromatic rings. The molecule has 1 fully saturated rings. The van der Waals surface area contributed by atoms with E-state index in [1.165, 1.54) is 0 Å². The second kappa shape index (κ2) is 5.79. The average molecular weight is 310 g/mol. The molecule has 0 aromatic carbocycles. The third-order valence-corrected chi connectivity index (χ3v) is 4.08. The van der Waals surface area contributed by atoms with Crippen molar-refractivity contribution >= 4 is 17.3 Å². The summed E-state index contributed by atoms with van der Waals surface area (Å²) in [6, 6.07) is 6.17. The fourth-order valence-corrected chi connectivity index (χ4v) is 2.96. The molecule has 8 nitrogen and oxygen atoms in total. The molecule has 1 aliphatic heterocycles. The van der Waals surface area contributed by atoms with Crippen molar-refractivity contribution in [3.05, 3.63) is 36.5 Å². The van der Waals surface area contributed by atoms with Crippen molar-refractivity contribution in [3.63, 3.8) is 0 Å². The number of anilines is 2. The van der Waals surface area contributed by atoms with Crippen LogP contribution in [0.2, 0.25) is 0 Å². The molecule has 4 rings (SSSR count). The Morgan fingerprint density at radius 2 is 2.17 bits per heavy atom. The average Bonchev–Trinajstić information content (AvgIpc) is 2.97. The lowest BCUT2D eigenvalue weighted by Crippen LogP contribution is -2.42. The van der Waals surface area contributed by atoms with Crippen molar-refractivity contribution in [1.82, 2.24) is 29.8 Å². The summed E-state index contributed by atoms with van der Waals surface area (Å²) in [4.78, 5) is 10.6. The smallest absolute Gasteiger partial charge is 0.178 e. The van der Waals surface area contributed by atoms with E-state index < -0.39 is 0 Å². The Morgan fingerprint density at radius 1 is 1.22 bits per heavy atom. The lowest BCUT2D eigenvalue weighted by molar-refractivity contribution is 0.524. The van der Waals surface area contributed by atoms with Crippen LogP contribution in [-0.2, 0) is 0 Å². The number of fused-ring (bicyclic) bond motifs is 1. The topological polar surface area (TPSA) is 84.1 Å². The summed E-state index contributed by atoms with van der Waals surface area (Å²) in [7, 11) is 0. The fraction of sp³-hybridized carbons (Fsp3) is 0.400. The molecule has 0 radical (unpaired) electrons. The second-order valence-electron chi connectivity index (χ2n) is 5.73. The van der Waals surface area contributed by atoms with Crippen LogP contribution in [0.25, 0.3) is 5.65 Å². The van der Waals surface area contributed by atoms with Crippen molar-refractivity contribution in [1.29, 1.82) is 0 Å². The van der Waals surface area contributed by atoms with Gasteiger partial charge < -0.3 is 10.2 Å². The van der Waals surface area contributed by atoms with Gasteiger partial charge in [-0.2, -0.15) is 4.52 Å². The van der Waals surface area contributed by atoms with E-state index in [9.17, 15) is 0 Å². The van der Waals surface area contributed by atoms with Gasteiger partial charge in [0.2, 0.25) is 0 Å². The number of nitrogens with zero attached hydrogens (tertiary/aromatic N) is 7. The van der Waals surface area contributed by atoms with Crippen molar-refractivity contribution < 1.29 is 0 Å². The number of aromatic nitrogens is 6. The molecule has 0 bridgehead atoms. The Hall–Kier alpha value is -2.77. The molecule has 4 heterocycles. The first kappa shape index (κ1) is 13.9. The van der Waals surface area contributed by atoms with E-state index in [1.807, 2.05) is 25.1 Å². The maximum Gasteiger partial charge on any atom is 0.178 e. The number of hydrogen-bond acceptors (Lipinski definition) is 7. The zero-order valence-corrected chi connectivity index (χ0v) is 12.9. The van der Waals surface area contributed by atoms with Crippen molar-refractivity contribution in [3.8, 4) is 0 Å². The van der Waals surface area contributed by atoms with Crippen LogP contribution in [0, 0.1) is 6.92 Å². The molecule has 1 saturated heterocycles. The van der Waals surface area contributed by atoms with E-state index in [-0.39, 0.29) is 0 Å². The maximum atomic E-state index is 4.56. The molecule has 118 valence electrons. The van der Waals surface area contributed by atoms with Gasteiger partial charge in [-0.15, -0.1) is 15.3 Å². The minimum absolute atomic E-state index is 0.334. The number of piperidine rings is 1. The standard InChI is InChI=1S/C15H18N8/c1-11-19-20-15-5-4-13(21-23(11)15)18-12-3-2-8-22(9-12)14-6-7-16-10-17-14/h4-7,10,12H,2-3,8-9H2,1H3,(H,18,21). The Balaban J connectivity index is 1.50. The highest BCUT2D eigenvalue weighted by Crippen LogP contribution is 2.19. The summed E-state index contributed by atoms with van der Waals surface area (Å²) in [6.45, 7) is 3.82. The molecular formula is C15H18N8. The fourth-order valence-electron chi connectivity index (χ4n) is 2.96. The Labute approximate surface area is 133 Å². The molecular weight excluding hydrogens is 292 g/mol. The summed E-state index contributed by atoms with van der Waals surface area (Å²) in [5.41, 5.74) is 0.763. The summed E-state index contributed by atoms with van der Waals surface area (Å²) < 4.78 is 1.76. The van der Waals surface area contributed by atoms with Crippen LogP contribution >= 0.6 is 0 Å². The number of aryl methyl sites for hydroxylation is 1. The number of rotatable bonds is 3. The van der Waals surface area contributed by atoms with Gasteiger partial charge in [0.1, 0.15) is 18.0 Å². The molecule has 0 saturated carbocycles. The summed E-state index contributed by atoms with van der Waals surface area (Å²) in [5, 5.41) is 16.2. The molecule has 23 heavy (non-hydrogen) atoms. The molecule has 1 unspecified atom stereocenters. The van der Waals surface area contributed by atoms with Gasteiger partial charge in [-0.1, -0.05) is 0 Å². The van der Waals surface area contributed by atoms with Crippen LogP contribution in [0.1, 0.15) is 18.7 Å². The number of hydrogen-bond donors (Lipinski definition) is 1. The van der Waals surface area contributed by atoms with E-state index in [4.69, 9.17) is 0 Å². The second-order valence-corrected chi connectivity index (χ2v) is 5.73. The first-order valence-electron chi connectivity index (χ1n) is 7.76. The SMILES string of the molecule is Cc1nnc2ccc(NC3CCCN(c4ccncn4)C3)nn12. The predicted molar refractivity (Wildman–Crippen MR) is 86.4 cm³/mol. The Kier molecular flexibility index (Phi) is 3.49. The monoisotopic (exact) mass is 310 g/mol. The normalized spacial score (nSPS) is 18.3. The van der Waals surface area contributed by atoms with Crippen molar-refractivity contribution in [2.45, 2.75) is 25.8 Å². The van der Waals surface area contributed by atoms with E-state index in [0.29, 0.717) is 6.04 Å². The molecule has 1 aliphatic rings. The van der Waals surface area contributed by atoms with Gasteiger partial charge in [-0.25, -0.2) is 9.97 Å². The van der Waals surface area contributed by atoms with Gasteiger partial charge in [-0.3, -0.25) is 0 Å². The van der Waals surface area contributed by atoms with Gasteiger partial charge in [0.15, 0.2) is 11.5 Å². The van der Waals surface area contributed by atoms with Gasteiger partial charge >= 0.3 is 0 Å². The van der Waals surface area contributed by atoms with E-state index in [2.05, 4.69) is 35.5 Å². The zero-order chi connectivity index (χ0) is 15.6. The summed E-state index contributed by atoms with van der Waals surface area (Å²) in [6.07, 6.45) is 5.61. The van der Waals surface area contributed by atoms with E-state index >= 15 is 0 Å². The number of nitrogens with one attached hydrogen (secondary N) is 1. The van der Waals surface area contributed by atoms with Gasteiger partial charge in [0.05, 0.1) is 0 Å². The minimum atomic E-state index is 0.334. The summed E-state index contributed by atoms with van der Waals surface area (Å²) in [5.74, 6) is 2.61. The van der Waals surface area contributed by atoms with Crippen LogP contribution < -0.4 is 10.2 Å². The minimum Gasteiger partial charge on any atom is -0.364 e. The van der Waals surface area contributed by atoms with Gasteiger partial charge in [0, 0.05) is 25.3 Å². The van der Waals surface area contributed by atoms with Crippen LogP contribution in [0.4, 0.5) is 11.6 Å². The van der Waals surface area contributed by atoms with Gasteiger partial charge in [-0.05, 0) is 38.0 Å². The Morgan fingerprint density at radius 3 is 3.04 bits per heavy atom. The largest absolute Gasteiger partial charge is 0.364 e. The molecule has 0 aliphatic carbocycles. The van der Waals surface area contributed by atoms with E-state index in [1.54, 1.807) is 17.0 Å². The predicted octanol–water partition coefficient (Wildman–Crippen LogP) is 1.30. The lowest BCUT2D eigenvalue weighted by Gasteiger charge is -2.34. The highest BCUT2D eigenvalue weighted by Gasteiger charge is 2.21. The molecule has 1 N–H and O–H groups in total. The van der Waals surface area contributed by atoms with Crippen molar-refractivity contribution in [2.24, 2.45) is 0 Å².